The summed E-state index contributed by atoms with van der Waals surface area (Å²) in [6, 6.07) is 28.0. The number of unbranched alkanes of at least 4 members (excludes halogenated alkanes) is 1. The van der Waals surface area contributed by atoms with Crippen molar-refractivity contribution in [2.24, 2.45) is 5.92 Å². The number of tetrazole rings is 1. The molecule has 1 fully saturated rings. The van der Waals surface area contributed by atoms with Gasteiger partial charge in [0.15, 0.2) is 11.6 Å². The van der Waals surface area contributed by atoms with E-state index < -0.39 is 0 Å². The van der Waals surface area contributed by atoms with Crippen LogP contribution in [0.1, 0.15) is 49.7 Å². The molecule has 0 atom stereocenters. The molecule has 0 unspecified atom stereocenters. The number of hydrogen-bond acceptors (Lipinski definition) is 6. The van der Waals surface area contributed by atoms with Crippen LogP contribution in [0, 0.1) is 5.92 Å². The number of aromatic nitrogens is 6. The van der Waals surface area contributed by atoms with E-state index >= 15 is 0 Å². The van der Waals surface area contributed by atoms with Gasteiger partial charge in [-0.15, -0.1) is 5.10 Å². The van der Waals surface area contributed by atoms with Crippen LogP contribution in [0.3, 0.4) is 0 Å². The third kappa shape index (κ3) is 5.34. The number of nitrogens with zero attached hydrogens (tertiary/aromatic N) is 7. The van der Waals surface area contributed by atoms with Gasteiger partial charge in [-0.1, -0.05) is 80.1 Å². The summed E-state index contributed by atoms with van der Waals surface area (Å²) in [5, 5.41) is 14.6. The minimum absolute atomic E-state index is 0.675. The number of H-pyrrole nitrogens is 1. The second-order valence-electron chi connectivity index (χ2n) is 11.3. The number of para-hydroxylation sites is 1. The number of aromatic amines is 1. The summed E-state index contributed by atoms with van der Waals surface area (Å²) in [6.07, 6.45) is 5.98. The van der Waals surface area contributed by atoms with Gasteiger partial charge in [0.2, 0.25) is 0 Å². The quantitative estimate of drug-likeness (QED) is 0.222. The van der Waals surface area contributed by atoms with Crippen LogP contribution in [-0.4, -0.2) is 43.4 Å². The highest BCUT2D eigenvalue weighted by molar-refractivity contribution is 5.80. The van der Waals surface area contributed by atoms with Crippen molar-refractivity contribution in [3.8, 4) is 22.5 Å². The zero-order valence-corrected chi connectivity index (χ0v) is 23.6. The van der Waals surface area contributed by atoms with Gasteiger partial charge in [-0.25, -0.2) is 10.1 Å². The lowest BCUT2D eigenvalue weighted by Crippen LogP contribution is -2.44. The van der Waals surface area contributed by atoms with Gasteiger partial charge in [0.25, 0.3) is 0 Å². The van der Waals surface area contributed by atoms with Crippen LogP contribution in [0.4, 0.5) is 11.5 Å². The third-order valence-electron chi connectivity index (χ3n) is 8.30. The summed E-state index contributed by atoms with van der Waals surface area (Å²) >= 11 is 0. The van der Waals surface area contributed by atoms with Gasteiger partial charge in [-0.2, -0.15) is 0 Å². The molecule has 0 radical (unpaired) electrons. The van der Waals surface area contributed by atoms with E-state index in [4.69, 9.17) is 4.98 Å². The van der Waals surface area contributed by atoms with E-state index in [1.54, 1.807) is 0 Å². The maximum absolute atomic E-state index is 5.32. The predicted molar refractivity (Wildman–Crippen MR) is 163 cm³/mol. The second-order valence-corrected chi connectivity index (χ2v) is 11.3. The summed E-state index contributed by atoms with van der Waals surface area (Å²) in [5.74, 6) is 3.88. The summed E-state index contributed by atoms with van der Waals surface area (Å²) < 4.78 is 2.50. The number of rotatable bonds is 10. The largest absolute Gasteiger partial charge is 0.348 e. The Hall–Kier alpha value is -4.46. The van der Waals surface area contributed by atoms with Crippen molar-refractivity contribution < 1.29 is 0 Å². The minimum Gasteiger partial charge on any atom is -0.348 e. The molecule has 0 bridgehead atoms. The molecule has 1 aliphatic carbocycles. The SMILES string of the molecule is CCCCc1nc2c(n1Cc1ccc(-c3ccccc3-c3nnn[nH]3)cc1)CN(c1ccccc1)CN2CC1CC1. The van der Waals surface area contributed by atoms with E-state index in [0.29, 0.717) is 5.82 Å². The van der Waals surface area contributed by atoms with Crippen molar-refractivity contribution in [2.45, 2.75) is 52.1 Å². The van der Waals surface area contributed by atoms with Gasteiger partial charge in [0.05, 0.1) is 18.9 Å². The predicted octanol–water partition coefficient (Wildman–Crippen LogP) is 6.32. The molecular weight excluding hydrogens is 508 g/mol. The van der Waals surface area contributed by atoms with Crippen molar-refractivity contribution in [1.29, 1.82) is 0 Å². The van der Waals surface area contributed by atoms with Crippen LogP contribution in [0.15, 0.2) is 78.9 Å². The first-order chi connectivity index (χ1) is 20.3. The first-order valence-electron chi connectivity index (χ1n) is 14.8. The molecule has 0 amide bonds. The molecule has 3 aromatic carbocycles. The van der Waals surface area contributed by atoms with Crippen LogP contribution >= 0.6 is 0 Å². The van der Waals surface area contributed by atoms with Crippen LogP contribution in [0.5, 0.6) is 0 Å². The molecule has 5 aromatic rings. The Morgan fingerprint density at radius 2 is 1.68 bits per heavy atom. The molecule has 1 N–H and O–H groups in total. The lowest BCUT2D eigenvalue weighted by molar-refractivity contribution is 0.610. The third-order valence-corrected chi connectivity index (χ3v) is 8.30. The van der Waals surface area contributed by atoms with Gasteiger partial charge in [0, 0.05) is 30.8 Å². The molecule has 2 aromatic heterocycles. The smallest absolute Gasteiger partial charge is 0.180 e. The fourth-order valence-corrected chi connectivity index (χ4v) is 5.90. The van der Waals surface area contributed by atoms with E-state index in [1.165, 1.54) is 41.4 Å². The number of anilines is 2. The Morgan fingerprint density at radius 3 is 2.41 bits per heavy atom. The Bertz CT molecular complexity index is 1590. The summed E-state index contributed by atoms with van der Waals surface area (Å²) in [6.45, 7) is 5.93. The van der Waals surface area contributed by atoms with E-state index in [0.717, 1.165) is 68.2 Å². The van der Waals surface area contributed by atoms with E-state index in [2.05, 4.69) is 115 Å². The highest BCUT2D eigenvalue weighted by Crippen LogP contribution is 2.37. The standard InChI is InChI=1S/C33H36N8/c1-2-3-13-31-34-33-30(22-39(27-9-5-4-6-10-27)23-40(33)20-24-14-15-24)41(31)21-25-16-18-26(19-17-25)28-11-7-8-12-29(28)32-35-37-38-36-32/h4-12,16-19,24H,2-3,13-15,20-23H2,1H3,(H,35,36,37,38). The summed E-state index contributed by atoms with van der Waals surface area (Å²) in [4.78, 5) is 10.4. The van der Waals surface area contributed by atoms with Gasteiger partial charge < -0.3 is 14.4 Å². The molecule has 208 valence electrons. The lowest BCUT2D eigenvalue weighted by atomic mass is 9.98. The Balaban J connectivity index is 1.22. The molecule has 41 heavy (non-hydrogen) atoms. The van der Waals surface area contributed by atoms with Gasteiger partial charge in [-0.3, -0.25) is 0 Å². The fraction of sp³-hybridized carbons (Fsp3) is 0.333. The molecule has 3 heterocycles. The van der Waals surface area contributed by atoms with Crippen molar-refractivity contribution in [3.63, 3.8) is 0 Å². The molecule has 8 heteroatoms. The molecule has 1 aliphatic heterocycles. The molecule has 1 saturated carbocycles. The first kappa shape index (κ1) is 25.5. The zero-order valence-electron chi connectivity index (χ0n) is 23.6. The van der Waals surface area contributed by atoms with Gasteiger partial charge >= 0.3 is 0 Å². The Labute approximate surface area is 241 Å². The van der Waals surface area contributed by atoms with Crippen LogP contribution < -0.4 is 9.80 Å². The fourth-order valence-electron chi connectivity index (χ4n) is 5.90. The monoisotopic (exact) mass is 544 g/mol. The molecule has 2 aliphatic rings. The summed E-state index contributed by atoms with van der Waals surface area (Å²) in [7, 11) is 0. The number of fused-ring (bicyclic) bond motifs is 1. The lowest BCUT2D eigenvalue weighted by Gasteiger charge is -2.38. The van der Waals surface area contributed by atoms with Crippen molar-refractivity contribution in [3.05, 3.63) is 95.9 Å². The molecule has 0 saturated heterocycles. The average Bonchev–Trinajstić information content (AvgIpc) is 3.53. The van der Waals surface area contributed by atoms with Crippen molar-refractivity contribution in [2.75, 3.05) is 23.0 Å². The molecule has 7 rings (SSSR count). The first-order valence-corrected chi connectivity index (χ1v) is 14.8. The highest BCUT2D eigenvalue weighted by Gasteiger charge is 2.33. The number of imidazole rings is 1. The van der Waals surface area contributed by atoms with Crippen LogP contribution in [0.2, 0.25) is 0 Å². The number of nitrogens with one attached hydrogen (secondary N) is 1. The van der Waals surface area contributed by atoms with Gasteiger partial charge in [0.1, 0.15) is 5.82 Å². The zero-order chi connectivity index (χ0) is 27.6. The van der Waals surface area contributed by atoms with Crippen molar-refractivity contribution >= 4 is 11.5 Å². The van der Waals surface area contributed by atoms with Crippen LogP contribution in [0.25, 0.3) is 22.5 Å². The van der Waals surface area contributed by atoms with E-state index in [9.17, 15) is 0 Å². The van der Waals surface area contributed by atoms with Gasteiger partial charge in [-0.05, 0) is 64.4 Å². The highest BCUT2D eigenvalue weighted by atomic mass is 15.5. The van der Waals surface area contributed by atoms with Crippen molar-refractivity contribution in [1.82, 2.24) is 30.2 Å². The topological polar surface area (TPSA) is 78.8 Å². The minimum atomic E-state index is 0.675. The molecule has 0 spiro atoms. The Morgan fingerprint density at radius 1 is 0.902 bits per heavy atom. The number of hydrogen-bond donors (Lipinski definition) is 1. The summed E-state index contributed by atoms with van der Waals surface area (Å²) in [5.41, 5.74) is 7.12. The number of benzene rings is 3. The van der Waals surface area contributed by atoms with Crippen LogP contribution in [-0.2, 0) is 19.5 Å². The van der Waals surface area contributed by atoms with E-state index in [1.807, 2.05) is 6.07 Å². The maximum Gasteiger partial charge on any atom is 0.180 e. The molecular formula is C33H36N8. The normalized spacial score (nSPS) is 14.9. The Kier molecular flexibility index (Phi) is 6.96. The second kappa shape index (κ2) is 11.2. The average molecular weight is 545 g/mol. The maximum atomic E-state index is 5.32. The molecule has 8 nitrogen and oxygen atoms in total. The number of aryl methyl sites for hydroxylation is 1. The van der Waals surface area contributed by atoms with E-state index in [-0.39, 0.29) is 0 Å².